The predicted octanol–water partition coefficient (Wildman–Crippen LogP) is 1.23. The molecule has 0 aromatic carbocycles. The average molecular weight is 306 g/mol. The minimum Gasteiger partial charge on any atom is -0.474 e. The summed E-state index contributed by atoms with van der Waals surface area (Å²) >= 11 is 0. The van der Waals surface area contributed by atoms with Crippen LogP contribution in [-0.4, -0.2) is 59.4 Å². The highest BCUT2D eigenvalue weighted by atomic mass is 16.5. The molecule has 2 atom stereocenters. The van der Waals surface area contributed by atoms with E-state index < -0.39 is 0 Å². The van der Waals surface area contributed by atoms with Crippen molar-refractivity contribution >= 4 is 5.91 Å². The first-order valence-corrected chi connectivity index (χ1v) is 7.78. The lowest BCUT2D eigenvalue weighted by Crippen LogP contribution is -2.38. The second-order valence-electron chi connectivity index (χ2n) is 5.94. The van der Waals surface area contributed by atoms with E-state index in [1.54, 1.807) is 30.3 Å². The van der Waals surface area contributed by atoms with Crippen molar-refractivity contribution in [2.75, 3.05) is 20.3 Å². The van der Waals surface area contributed by atoms with Gasteiger partial charge in [-0.05, 0) is 31.7 Å². The van der Waals surface area contributed by atoms with Crippen LogP contribution in [0.4, 0.5) is 0 Å². The van der Waals surface area contributed by atoms with Gasteiger partial charge in [-0.15, -0.1) is 0 Å². The molecule has 1 aliphatic carbocycles. The van der Waals surface area contributed by atoms with Crippen LogP contribution in [-0.2, 0) is 4.74 Å². The summed E-state index contributed by atoms with van der Waals surface area (Å²) in [7, 11) is 1.63. The monoisotopic (exact) mass is 306 g/mol. The number of nitrogens with zero attached hydrogens (tertiary/aromatic N) is 2. The molecular weight excluding hydrogens is 284 g/mol. The minimum atomic E-state index is -0.193. The van der Waals surface area contributed by atoms with Gasteiger partial charge in [0, 0.05) is 31.5 Å². The molecule has 1 aliphatic heterocycles. The first kappa shape index (κ1) is 15.2. The molecule has 22 heavy (non-hydrogen) atoms. The number of aliphatic hydroxyl groups is 1. The molecule has 6 heteroatoms. The summed E-state index contributed by atoms with van der Waals surface area (Å²) in [6, 6.07) is 3.18. The van der Waals surface area contributed by atoms with Crippen molar-refractivity contribution < 1.29 is 19.4 Å². The van der Waals surface area contributed by atoms with Crippen molar-refractivity contribution in [1.82, 2.24) is 9.88 Å². The second kappa shape index (κ2) is 6.62. The number of rotatable bonds is 5. The third kappa shape index (κ3) is 3.08. The van der Waals surface area contributed by atoms with Gasteiger partial charge < -0.3 is 19.5 Å². The van der Waals surface area contributed by atoms with Gasteiger partial charge in [-0.25, -0.2) is 4.98 Å². The quantitative estimate of drug-likeness (QED) is 0.886. The molecule has 0 unspecified atom stereocenters. The van der Waals surface area contributed by atoms with Gasteiger partial charge in [0.2, 0.25) is 5.88 Å². The maximum Gasteiger partial charge on any atom is 0.254 e. The van der Waals surface area contributed by atoms with Crippen LogP contribution in [0, 0.1) is 0 Å². The highest BCUT2D eigenvalue weighted by Gasteiger charge is 2.35. The molecule has 1 amide bonds. The number of hydrogen-bond acceptors (Lipinski definition) is 5. The average Bonchev–Trinajstić information content (AvgIpc) is 2.94. The van der Waals surface area contributed by atoms with E-state index >= 15 is 0 Å². The van der Waals surface area contributed by atoms with Gasteiger partial charge >= 0.3 is 0 Å². The van der Waals surface area contributed by atoms with E-state index in [9.17, 15) is 9.90 Å². The SMILES string of the molecule is CO[C@@H]1C[C@@H](CO)N(C(=O)c2ccnc(OC3CCC3)c2)C1. The third-order valence-corrected chi connectivity index (χ3v) is 4.50. The first-order valence-electron chi connectivity index (χ1n) is 7.78. The van der Waals surface area contributed by atoms with E-state index in [1.807, 2.05) is 0 Å². The maximum absolute atomic E-state index is 12.7. The molecule has 0 spiro atoms. The maximum atomic E-state index is 12.7. The highest BCUT2D eigenvalue weighted by Crippen LogP contribution is 2.26. The summed E-state index contributed by atoms with van der Waals surface area (Å²) in [5.74, 6) is 0.387. The third-order valence-electron chi connectivity index (χ3n) is 4.50. The number of aromatic nitrogens is 1. The standard InChI is InChI=1S/C16H22N2O4/c1-21-14-8-12(10-19)18(9-14)16(20)11-5-6-17-15(7-11)22-13-3-2-4-13/h5-7,12-14,19H,2-4,8-10H2,1H3/t12-,14+/m0/s1. The van der Waals surface area contributed by atoms with Gasteiger partial charge in [0.15, 0.2) is 0 Å². The second-order valence-corrected chi connectivity index (χ2v) is 5.94. The molecule has 2 heterocycles. The molecule has 6 nitrogen and oxygen atoms in total. The Bertz CT molecular complexity index is 533. The number of carbonyl (C=O) groups excluding carboxylic acids is 1. The Labute approximate surface area is 130 Å². The molecule has 3 rings (SSSR count). The van der Waals surface area contributed by atoms with Crippen molar-refractivity contribution in [3.05, 3.63) is 23.9 Å². The van der Waals surface area contributed by atoms with Crippen LogP contribution in [0.15, 0.2) is 18.3 Å². The smallest absolute Gasteiger partial charge is 0.254 e. The molecule has 1 aromatic heterocycles. The summed E-state index contributed by atoms with van der Waals surface area (Å²) in [5, 5.41) is 9.47. The lowest BCUT2D eigenvalue weighted by atomic mass is 9.96. The van der Waals surface area contributed by atoms with E-state index in [2.05, 4.69) is 4.98 Å². The number of likely N-dealkylation sites (tertiary alicyclic amines) is 1. The van der Waals surface area contributed by atoms with Gasteiger partial charge in [-0.1, -0.05) is 0 Å². The number of carbonyl (C=O) groups is 1. The lowest BCUT2D eigenvalue weighted by Gasteiger charge is -2.26. The molecule has 0 bridgehead atoms. The summed E-state index contributed by atoms with van der Waals surface area (Å²) in [5.41, 5.74) is 0.541. The summed E-state index contributed by atoms with van der Waals surface area (Å²) in [4.78, 5) is 18.5. The van der Waals surface area contributed by atoms with Crippen LogP contribution in [0.5, 0.6) is 5.88 Å². The van der Waals surface area contributed by atoms with Crippen LogP contribution in [0.2, 0.25) is 0 Å². The van der Waals surface area contributed by atoms with E-state index in [4.69, 9.17) is 9.47 Å². The number of hydrogen-bond donors (Lipinski definition) is 1. The Morgan fingerprint density at radius 1 is 1.45 bits per heavy atom. The van der Waals surface area contributed by atoms with E-state index in [0.717, 1.165) is 12.8 Å². The molecule has 0 radical (unpaired) electrons. The number of ether oxygens (including phenoxy) is 2. The summed E-state index contributed by atoms with van der Waals surface area (Å²) in [6.07, 6.45) is 5.76. The largest absolute Gasteiger partial charge is 0.474 e. The Morgan fingerprint density at radius 2 is 2.27 bits per heavy atom. The molecule has 1 N–H and O–H groups in total. The Morgan fingerprint density at radius 3 is 2.91 bits per heavy atom. The zero-order chi connectivity index (χ0) is 15.5. The van der Waals surface area contributed by atoms with Crippen molar-refractivity contribution in [3.8, 4) is 5.88 Å². The zero-order valence-corrected chi connectivity index (χ0v) is 12.8. The van der Waals surface area contributed by atoms with Crippen molar-refractivity contribution in [3.63, 3.8) is 0 Å². The zero-order valence-electron chi connectivity index (χ0n) is 12.8. The fourth-order valence-electron chi connectivity index (χ4n) is 2.90. The van der Waals surface area contributed by atoms with E-state index in [0.29, 0.717) is 24.4 Å². The van der Waals surface area contributed by atoms with Gasteiger partial charge in [-0.2, -0.15) is 0 Å². The number of aliphatic hydroxyl groups excluding tert-OH is 1. The predicted molar refractivity (Wildman–Crippen MR) is 79.8 cm³/mol. The fourth-order valence-corrected chi connectivity index (χ4v) is 2.90. The molecular formula is C16H22N2O4. The normalized spacial score (nSPS) is 25.1. The molecule has 1 saturated heterocycles. The van der Waals surface area contributed by atoms with Gasteiger partial charge in [0.05, 0.1) is 18.8 Å². The van der Waals surface area contributed by atoms with Crippen molar-refractivity contribution in [1.29, 1.82) is 0 Å². The van der Waals surface area contributed by atoms with Crippen molar-refractivity contribution in [2.45, 2.75) is 43.9 Å². The van der Waals surface area contributed by atoms with Gasteiger partial charge in [0.25, 0.3) is 5.91 Å². The van der Waals surface area contributed by atoms with Crippen LogP contribution in [0.3, 0.4) is 0 Å². The molecule has 1 aromatic rings. The first-order chi connectivity index (χ1) is 10.7. The minimum absolute atomic E-state index is 0.0198. The highest BCUT2D eigenvalue weighted by molar-refractivity contribution is 5.94. The molecule has 2 aliphatic rings. The van der Waals surface area contributed by atoms with Gasteiger partial charge in [-0.3, -0.25) is 4.79 Å². The molecule has 1 saturated carbocycles. The van der Waals surface area contributed by atoms with E-state index in [-0.39, 0.29) is 30.8 Å². The fraction of sp³-hybridized carbons (Fsp3) is 0.625. The number of methoxy groups -OCH3 is 1. The number of pyridine rings is 1. The van der Waals surface area contributed by atoms with Gasteiger partial charge in [0.1, 0.15) is 6.10 Å². The molecule has 120 valence electrons. The summed E-state index contributed by atoms with van der Waals surface area (Å²) < 4.78 is 11.1. The topological polar surface area (TPSA) is 71.9 Å². The Kier molecular flexibility index (Phi) is 4.59. The summed E-state index contributed by atoms with van der Waals surface area (Å²) in [6.45, 7) is 0.448. The van der Waals surface area contributed by atoms with Crippen LogP contribution >= 0.6 is 0 Å². The lowest BCUT2D eigenvalue weighted by molar-refractivity contribution is 0.0645. The Balaban J connectivity index is 1.72. The van der Waals surface area contributed by atoms with Crippen molar-refractivity contribution in [2.24, 2.45) is 0 Å². The van der Waals surface area contributed by atoms with Crippen LogP contribution < -0.4 is 4.74 Å². The van der Waals surface area contributed by atoms with E-state index in [1.165, 1.54) is 6.42 Å². The van der Waals surface area contributed by atoms with Crippen LogP contribution in [0.1, 0.15) is 36.0 Å². The molecule has 2 fully saturated rings. The number of amides is 1. The van der Waals surface area contributed by atoms with Crippen LogP contribution in [0.25, 0.3) is 0 Å². The Hall–Kier alpha value is -1.66.